The van der Waals surface area contributed by atoms with Crippen LogP contribution in [0.1, 0.15) is 128 Å². The largest absolute Gasteiger partial charge is 0.360 e. The fourth-order valence-corrected chi connectivity index (χ4v) is 19.2. The van der Waals surface area contributed by atoms with Crippen LogP contribution in [-0.4, -0.2) is 124 Å². The van der Waals surface area contributed by atoms with E-state index in [1.54, 1.807) is 73.8 Å². The van der Waals surface area contributed by atoms with Crippen LogP contribution in [0.25, 0.3) is 33.4 Å². The van der Waals surface area contributed by atoms with Crippen LogP contribution in [0, 0.1) is 39.9 Å². The molecule has 5 fully saturated rings. The number of nitrogens with zero attached hydrogens (tertiary/aromatic N) is 6. The molecule has 622 valence electrons. The summed E-state index contributed by atoms with van der Waals surface area (Å²) in [6.45, 7) is 7.38. The van der Waals surface area contributed by atoms with Crippen LogP contribution in [0.4, 0.5) is 17.1 Å². The Morgan fingerprint density at radius 1 is 0.430 bits per heavy atom. The van der Waals surface area contributed by atoms with E-state index in [4.69, 9.17) is 88.6 Å². The molecule has 2 atom stereocenters. The van der Waals surface area contributed by atoms with E-state index in [-0.39, 0.29) is 48.7 Å². The second-order valence-electron chi connectivity index (χ2n) is 32.5. The third kappa shape index (κ3) is 23.7. The number of carbonyl (C=O) groups is 3. The highest BCUT2D eigenvalue weighted by atomic mass is 35.5. The number of amides is 3. The first-order valence-corrected chi connectivity index (χ1v) is 43.8. The average molecular weight is 1740 g/mol. The second-order valence-corrected chi connectivity index (χ2v) is 35.2. The third-order valence-electron chi connectivity index (χ3n) is 24.4. The van der Waals surface area contributed by atoms with Gasteiger partial charge in [0.25, 0.3) is 0 Å². The molecule has 1 saturated carbocycles. The highest BCUT2D eigenvalue weighted by molar-refractivity contribution is 6.36. The average Bonchev–Trinajstić information content (AvgIpc) is 1.78. The molecule has 22 heteroatoms. The molecule has 16 rings (SSSR count). The number of rotatable bonds is 24. The molecular formula is C99H97Cl6N9O7. The molecule has 6 aliphatic rings. The fourth-order valence-electron chi connectivity index (χ4n) is 17.7. The normalized spacial score (nSPS) is 18.1. The van der Waals surface area contributed by atoms with E-state index >= 15 is 0 Å². The molecule has 0 aromatic heterocycles. The molecular weight excluding hydrogens is 1640 g/mol. The zero-order valence-electron chi connectivity index (χ0n) is 67.7. The zero-order valence-corrected chi connectivity index (χ0v) is 72.2. The Hall–Kier alpha value is -9.46. The van der Waals surface area contributed by atoms with E-state index < -0.39 is 11.2 Å². The molecule has 2 unspecified atom stereocenters. The minimum atomic E-state index is -0.630. The molecule has 121 heavy (non-hydrogen) atoms. The Morgan fingerprint density at radius 2 is 0.818 bits per heavy atom. The van der Waals surface area contributed by atoms with Crippen LogP contribution in [0.15, 0.2) is 224 Å². The monoisotopic (exact) mass is 1730 g/mol. The summed E-state index contributed by atoms with van der Waals surface area (Å²) >= 11 is 36.7. The van der Waals surface area contributed by atoms with Crippen LogP contribution >= 0.6 is 69.6 Å². The standard InChI is InChI=1S/C35H31Cl2N3O2.C33H35Cl2N3O4.C31H31Cl2N3O/c36-30-19-31(37)21-32(20-30)39-34(41)23-42-35(29-10-8-25(9-11-29)26-7-3-4-24(16-26)22-38)12-14-40(15-13-35)33-17-27-5-1-2-6-28(27)18-33;1-40-32-7-3-6-30(42-32)21-38-14-12-33(13-15-38,41-22-31(39)37-29-18-27(34)17-28(35)19-29)26-10-8-24(9-11-26)25-5-2-4-23(16-25)20-36;32-27-17-28(33)19-29(18-27)35-30(37)10-11-31(12-14-36(15-13-31)21-22-4-5-22)26-8-6-24(7-9-26)25-3-1-2-23(16-25)20-34/h1-11,16,19-21,33H,12-15,17-18,23H2,(H,39,41);2,4-5,8-11,16-19,30,32H,3,6-7,12-15,21-22H2,1H3,(H,37,39);1-3,6-9,16-19,22H,4-5,10-15,21H2,(H,35,37). The summed E-state index contributed by atoms with van der Waals surface area (Å²) in [4.78, 5) is 46.5. The molecule has 0 bridgehead atoms. The number of nitriles is 3. The Kier molecular flexibility index (Phi) is 29.9. The molecule has 4 saturated heterocycles. The Bertz CT molecular complexity index is 5330. The molecule has 4 aliphatic heterocycles. The first kappa shape index (κ1) is 87.9. The maximum atomic E-state index is 13.0. The number of halogens is 6. The van der Waals surface area contributed by atoms with Gasteiger partial charge in [-0.3, -0.25) is 19.3 Å². The zero-order chi connectivity index (χ0) is 84.5. The summed E-state index contributed by atoms with van der Waals surface area (Å²) < 4.78 is 24.6. The number of methoxy groups -OCH3 is 1. The summed E-state index contributed by atoms with van der Waals surface area (Å²) in [6.07, 6.45) is 14.3. The van der Waals surface area contributed by atoms with Gasteiger partial charge in [-0.2, -0.15) is 15.8 Å². The van der Waals surface area contributed by atoms with Crippen LogP contribution in [-0.2, 0) is 62.8 Å². The Morgan fingerprint density at radius 3 is 1.22 bits per heavy atom. The maximum absolute atomic E-state index is 13.0. The molecule has 10 aromatic carbocycles. The first-order valence-electron chi connectivity index (χ1n) is 41.5. The van der Waals surface area contributed by atoms with Gasteiger partial charge >= 0.3 is 0 Å². The van der Waals surface area contributed by atoms with E-state index in [0.717, 1.165) is 173 Å². The van der Waals surface area contributed by atoms with Gasteiger partial charge in [-0.25, -0.2) is 0 Å². The molecule has 0 spiro atoms. The maximum Gasteiger partial charge on any atom is 0.250 e. The summed E-state index contributed by atoms with van der Waals surface area (Å²) in [5.74, 6) is 0.321. The topological polar surface area (TPSA) is 205 Å². The number of carbonyl (C=O) groups excluding carboxylic acids is 3. The van der Waals surface area contributed by atoms with Crippen LogP contribution in [0.5, 0.6) is 0 Å². The molecule has 2 aliphatic carbocycles. The van der Waals surface area contributed by atoms with Crippen molar-refractivity contribution in [3.8, 4) is 51.6 Å². The number of ether oxygens (including phenoxy) is 4. The summed E-state index contributed by atoms with van der Waals surface area (Å²) in [7, 11) is 1.70. The quantitative estimate of drug-likeness (QED) is 0.0516. The van der Waals surface area contributed by atoms with Gasteiger partial charge < -0.3 is 44.7 Å². The van der Waals surface area contributed by atoms with Crippen molar-refractivity contribution >= 4 is 104 Å². The number of piperidine rings is 3. The van der Waals surface area contributed by atoms with Crippen molar-refractivity contribution in [2.75, 3.05) is 88.6 Å². The van der Waals surface area contributed by atoms with Gasteiger partial charge in [0.1, 0.15) is 13.2 Å². The summed E-state index contributed by atoms with van der Waals surface area (Å²) in [5.41, 5.74) is 14.7. The van der Waals surface area contributed by atoms with E-state index in [1.165, 1.54) is 36.1 Å². The van der Waals surface area contributed by atoms with Crippen LogP contribution in [0.2, 0.25) is 30.1 Å². The van der Waals surface area contributed by atoms with Crippen molar-refractivity contribution in [2.24, 2.45) is 5.92 Å². The van der Waals surface area contributed by atoms with Crippen molar-refractivity contribution in [2.45, 2.75) is 131 Å². The first-order chi connectivity index (χ1) is 58.7. The smallest absolute Gasteiger partial charge is 0.250 e. The van der Waals surface area contributed by atoms with Gasteiger partial charge in [-0.1, -0.05) is 203 Å². The SMILES string of the molecule is COC1CCCC(CN2CCC(OCC(=O)Nc3cc(Cl)cc(Cl)c3)(c3ccc(-c4cccc(C#N)c4)cc3)CC2)O1.N#Cc1cccc(-c2ccc(C3(CCC(=O)Nc4cc(Cl)cc(Cl)c4)CCN(CC4CC4)CC3)cc2)c1.N#Cc1cccc(-c2ccc(C3(OCC(=O)Nc4cc(Cl)cc(Cl)c4)CCN(C4Cc5ccccc5C4)CC3)cc2)c1. The van der Waals surface area contributed by atoms with Gasteiger partial charge in [0.2, 0.25) is 17.7 Å². The van der Waals surface area contributed by atoms with E-state index in [2.05, 4.69) is 146 Å². The molecule has 4 heterocycles. The van der Waals surface area contributed by atoms with Gasteiger partial charge in [-0.05, 0) is 267 Å². The van der Waals surface area contributed by atoms with Gasteiger partial charge in [0.05, 0.1) is 52.2 Å². The number of anilines is 3. The summed E-state index contributed by atoms with van der Waals surface area (Å²) in [6, 6.07) is 79.1. The van der Waals surface area contributed by atoms with Crippen molar-refractivity contribution in [3.63, 3.8) is 0 Å². The summed E-state index contributed by atoms with van der Waals surface area (Å²) in [5, 5.41) is 39.4. The lowest BCUT2D eigenvalue weighted by Crippen LogP contribution is -2.49. The fraction of sp³-hybridized carbons (Fsp3) is 0.333. The molecule has 16 nitrogen and oxygen atoms in total. The number of hydrogen-bond acceptors (Lipinski definition) is 13. The van der Waals surface area contributed by atoms with Crippen molar-refractivity contribution < 1.29 is 33.3 Å². The minimum Gasteiger partial charge on any atom is -0.360 e. The van der Waals surface area contributed by atoms with Crippen LogP contribution < -0.4 is 16.0 Å². The number of hydrogen-bond donors (Lipinski definition) is 3. The molecule has 0 radical (unpaired) electrons. The van der Waals surface area contributed by atoms with Crippen LogP contribution in [0.3, 0.4) is 0 Å². The predicted molar refractivity (Wildman–Crippen MR) is 483 cm³/mol. The minimum absolute atomic E-state index is 0.0249. The second kappa shape index (κ2) is 41.1. The molecule has 10 aromatic rings. The van der Waals surface area contributed by atoms with Gasteiger partial charge in [0.15, 0.2) is 6.29 Å². The molecule has 3 amide bonds. The third-order valence-corrected chi connectivity index (χ3v) is 25.7. The van der Waals surface area contributed by atoms with Gasteiger partial charge in [-0.15, -0.1) is 0 Å². The number of benzene rings is 10. The van der Waals surface area contributed by atoms with E-state index in [9.17, 15) is 30.2 Å². The number of nitrogens with one attached hydrogen (secondary N) is 3. The van der Waals surface area contributed by atoms with E-state index in [1.807, 2.05) is 60.7 Å². The lowest BCUT2D eigenvalue weighted by atomic mass is 9.69. The van der Waals surface area contributed by atoms with Crippen molar-refractivity contribution in [1.82, 2.24) is 14.7 Å². The lowest BCUT2D eigenvalue weighted by molar-refractivity contribution is -0.186. The Labute approximate surface area is 739 Å². The number of fused-ring (bicyclic) bond motifs is 1. The highest BCUT2D eigenvalue weighted by Crippen LogP contribution is 2.45. The van der Waals surface area contributed by atoms with Crippen molar-refractivity contribution in [1.29, 1.82) is 15.8 Å². The van der Waals surface area contributed by atoms with E-state index in [0.29, 0.717) is 76.4 Å². The lowest BCUT2D eigenvalue weighted by Gasteiger charge is -2.44. The highest BCUT2D eigenvalue weighted by Gasteiger charge is 2.43. The van der Waals surface area contributed by atoms with Gasteiger partial charge in [0, 0.05) is 106 Å². The predicted octanol–water partition coefficient (Wildman–Crippen LogP) is 22.4. The number of likely N-dealkylation sites (tertiary alicyclic amines) is 3. The Balaban J connectivity index is 0.000000149. The van der Waals surface area contributed by atoms with Crippen molar-refractivity contribution in [3.05, 3.63) is 299 Å². The molecule has 3 N–H and O–H groups in total.